The molecule has 0 aliphatic rings. The van der Waals surface area contributed by atoms with Crippen LogP contribution >= 0.6 is 0 Å². The van der Waals surface area contributed by atoms with Gasteiger partial charge in [0.2, 0.25) is 10.0 Å². The van der Waals surface area contributed by atoms with E-state index in [0.29, 0.717) is 13.1 Å². The topological polar surface area (TPSA) is 84.9 Å². The predicted molar refractivity (Wildman–Crippen MR) is 102 cm³/mol. The van der Waals surface area contributed by atoms with Gasteiger partial charge in [-0.25, -0.2) is 13.9 Å². The van der Waals surface area contributed by atoms with Gasteiger partial charge in [0, 0.05) is 18.7 Å². The van der Waals surface area contributed by atoms with Crippen LogP contribution in [0.5, 0.6) is 5.75 Å². The maximum atomic E-state index is 12.8. The third kappa shape index (κ3) is 5.06. The van der Waals surface area contributed by atoms with Gasteiger partial charge in [0.05, 0.1) is 13.7 Å². The zero-order chi connectivity index (χ0) is 19.9. The van der Waals surface area contributed by atoms with Gasteiger partial charge in [-0.1, -0.05) is 44.2 Å². The van der Waals surface area contributed by atoms with Crippen LogP contribution in [-0.4, -0.2) is 38.8 Å². The first-order valence-electron chi connectivity index (χ1n) is 8.58. The van der Waals surface area contributed by atoms with Gasteiger partial charge in [-0.2, -0.15) is 4.31 Å². The summed E-state index contributed by atoms with van der Waals surface area (Å²) in [5.74, 6) is -0.353. The number of hydroxylamine groups is 1. The first kappa shape index (κ1) is 20.9. The number of hydrogen-bond acceptors (Lipinski definition) is 5. The molecule has 8 heteroatoms. The fourth-order valence-electron chi connectivity index (χ4n) is 2.54. The number of hydrogen-bond donors (Lipinski definition) is 1. The second-order valence-corrected chi connectivity index (χ2v) is 7.57. The highest BCUT2D eigenvalue weighted by Crippen LogP contribution is 2.27. The summed E-state index contributed by atoms with van der Waals surface area (Å²) in [5, 5.41) is 0. The first-order valence-corrected chi connectivity index (χ1v) is 10.0. The summed E-state index contributed by atoms with van der Waals surface area (Å²) in [4.78, 5) is 17.5. The van der Waals surface area contributed by atoms with Crippen LogP contribution in [0.4, 0.5) is 0 Å². The summed E-state index contributed by atoms with van der Waals surface area (Å²) in [6.07, 6.45) is 0. The maximum Gasteiger partial charge on any atom is 0.274 e. The number of nitrogens with zero attached hydrogens (tertiary/aromatic N) is 1. The molecule has 1 N–H and O–H groups in total. The highest BCUT2D eigenvalue weighted by molar-refractivity contribution is 7.89. The monoisotopic (exact) mass is 392 g/mol. The van der Waals surface area contributed by atoms with Gasteiger partial charge in [0.15, 0.2) is 0 Å². The van der Waals surface area contributed by atoms with Crippen molar-refractivity contribution >= 4 is 15.9 Å². The molecule has 0 saturated heterocycles. The summed E-state index contributed by atoms with van der Waals surface area (Å²) in [6, 6.07) is 13.6. The normalized spacial score (nSPS) is 11.4. The van der Waals surface area contributed by atoms with Gasteiger partial charge in [-0.15, -0.1) is 0 Å². The van der Waals surface area contributed by atoms with E-state index in [1.165, 1.54) is 29.6 Å². The fraction of sp³-hybridized carbons (Fsp3) is 0.316. The van der Waals surface area contributed by atoms with Gasteiger partial charge in [-0.3, -0.25) is 9.63 Å². The van der Waals surface area contributed by atoms with Crippen molar-refractivity contribution in [1.29, 1.82) is 0 Å². The summed E-state index contributed by atoms with van der Waals surface area (Å²) >= 11 is 0. The van der Waals surface area contributed by atoms with Crippen LogP contribution in [-0.2, 0) is 21.5 Å². The average Bonchev–Trinajstić information content (AvgIpc) is 2.69. The Labute approximate surface area is 159 Å². The van der Waals surface area contributed by atoms with E-state index in [1.54, 1.807) is 13.8 Å². The number of methoxy groups -OCH3 is 1. The van der Waals surface area contributed by atoms with E-state index in [2.05, 4.69) is 5.48 Å². The number of ether oxygens (including phenoxy) is 1. The molecular weight excluding hydrogens is 368 g/mol. The molecule has 1 amide bonds. The van der Waals surface area contributed by atoms with E-state index < -0.39 is 15.9 Å². The molecule has 0 heterocycles. The zero-order valence-electron chi connectivity index (χ0n) is 15.6. The fourth-order valence-corrected chi connectivity index (χ4v) is 4.18. The second kappa shape index (κ2) is 9.50. The predicted octanol–water partition coefficient (Wildman–Crippen LogP) is 2.59. The molecule has 7 nitrogen and oxygen atoms in total. The van der Waals surface area contributed by atoms with Crippen LogP contribution in [0.3, 0.4) is 0 Å². The third-order valence-electron chi connectivity index (χ3n) is 4.00. The number of amides is 1. The molecule has 146 valence electrons. The van der Waals surface area contributed by atoms with Gasteiger partial charge in [0.1, 0.15) is 10.6 Å². The minimum Gasteiger partial charge on any atom is -0.495 e. The molecule has 0 bridgehead atoms. The maximum absolute atomic E-state index is 12.8. The number of carbonyl (C=O) groups is 1. The highest BCUT2D eigenvalue weighted by Gasteiger charge is 2.26. The molecule has 0 fully saturated rings. The van der Waals surface area contributed by atoms with Crippen LogP contribution < -0.4 is 10.2 Å². The minimum absolute atomic E-state index is 0.0515. The van der Waals surface area contributed by atoms with Crippen molar-refractivity contribution in [3.63, 3.8) is 0 Å². The summed E-state index contributed by atoms with van der Waals surface area (Å²) in [6.45, 7) is 4.34. The molecule has 0 saturated carbocycles. The molecule has 0 aliphatic heterocycles. The lowest BCUT2D eigenvalue weighted by Crippen LogP contribution is -2.31. The Morgan fingerprint density at radius 3 is 2.33 bits per heavy atom. The first-order chi connectivity index (χ1) is 12.9. The number of sulfonamides is 1. The summed E-state index contributed by atoms with van der Waals surface area (Å²) in [5.41, 5.74) is 3.39. The smallest absolute Gasteiger partial charge is 0.274 e. The number of benzene rings is 2. The Kier molecular flexibility index (Phi) is 7.35. The van der Waals surface area contributed by atoms with Crippen molar-refractivity contribution in [1.82, 2.24) is 9.79 Å². The number of carbonyl (C=O) groups excluding carboxylic acids is 1. The quantitative estimate of drug-likeness (QED) is 0.663. The molecule has 2 aromatic rings. The van der Waals surface area contributed by atoms with Crippen molar-refractivity contribution in [3.05, 3.63) is 59.7 Å². The van der Waals surface area contributed by atoms with Crippen molar-refractivity contribution < 1.29 is 22.8 Å². The largest absolute Gasteiger partial charge is 0.495 e. The average molecular weight is 392 g/mol. The summed E-state index contributed by atoms with van der Waals surface area (Å²) < 4.78 is 32.1. The molecular formula is C19H24N2O5S. The van der Waals surface area contributed by atoms with Gasteiger partial charge >= 0.3 is 0 Å². The van der Waals surface area contributed by atoms with E-state index in [9.17, 15) is 13.2 Å². The third-order valence-corrected chi connectivity index (χ3v) is 6.07. The SMILES string of the molecule is CCN(CC)S(=O)(=O)c1cc(C(=O)NOCc2ccccc2)ccc1OC. The molecule has 0 spiro atoms. The van der Waals surface area contributed by atoms with Gasteiger partial charge < -0.3 is 4.74 Å². The van der Waals surface area contributed by atoms with Crippen molar-refractivity contribution in [3.8, 4) is 5.75 Å². The standard InChI is InChI=1S/C19H24N2O5S/c1-4-21(5-2)27(23,24)18-13-16(11-12-17(18)25-3)19(22)20-26-14-15-9-7-6-8-10-15/h6-13H,4-5,14H2,1-3H3,(H,20,22). The lowest BCUT2D eigenvalue weighted by Gasteiger charge is -2.20. The molecule has 0 aromatic heterocycles. The van der Waals surface area contributed by atoms with Crippen LogP contribution in [0, 0.1) is 0 Å². The molecule has 0 radical (unpaired) electrons. The molecule has 2 aromatic carbocycles. The highest BCUT2D eigenvalue weighted by atomic mass is 32.2. The molecule has 27 heavy (non-hydrogen) atoms. The second-order valence-electron chi connectivity index (χ2n) is 5.66. The molecule has 0 aliphatic carbocycles. The molecule has 0 unspecified atom stereocenters. The van der Waals surface area contributed by atoms with Crippen molar-refractivity contribution in [2.75, 3.05) is 20.2 Å². The molecule has 2 rings (SSSR count). The van der Waals surface area contributed by atoms with Gasteiger partial charge in [0.25, 0.3) is 5.91 Å². The lowest BCUT2D eigenvalue weighted by atomic mass is 10.2. The Morgan fingerprint density at radius 2 is 1.74 bits per heavy atom. The minimum atomic E-state index is -3.78. The van der Waals surface area contributed by atoms with E-state index in [4.69, 9.17) is 9.57 Å². The Morgan fingerprint density at radius 1 is 1.07 bits per heavy atom. The Balaban J connectivity index is 2.19. The van der Waals surface area contributed by atoms with Crippen LogP contribution in [0.25, 0.3) is 0 Å². The Bertz CT molecular complexity index is 865. The van der Waals surface area contributed by atoms with E-state index in [0.717, 1.165) is 5.56 Å². The van der Waals surface area contributed by atoms with Crippen LogP contribution in [0.2, 0.25) is 0 Å². The van der Waals surface area contributed by atoms with Crippen LogP contribution in [0.15, 0.2) is 53.4 Å². The van der Waals surface area contributed by atoms with E-state index >= 15 is 0 Å². The molecule has 0 atom stereocenters. The van der Waals surface area contributed by atoms with Crippen LogP contribution in [0.1, 0.15) is 29.8 Å². The van der Waals surface area contributed by atoms with E-state index in [1.807, 2.05) is 30.3 Å². The zero-order valence-corrected chi connectivity index (χ0v) is 16.5. The number of nitrogens with one attached hydrogen (secondary N) is 1. The Hall–Kier alpha value is -2.42. The van der Waals surface area contributed by atoms with Gasteiger partial charge in [-0.05, 0) is 23.8 Å². The lowest BCUT2D eigenvalue weighted by molar-refractivity contribution is 0.0233. The van der Waals surface area contributed by atoms with Crippen molar-refractivity contribution in [2.24, 2.45) is 0 Å². The summed E-state index contributed by atoms with van der Waals surface area (Å²) in [7, 11) is -2.39. The van der Waals surface area contributed by atoms with E-state index in [-0.39, 0.29) is 22.8 Å². The number of rotatable bonds is 9. The van der Waals surface area contributed by atoms with Crippen molar-refractivity contribution in [2.45, 2.75) is 25.3 Å².